The molecule has 1 fully saturated rings. The van der Waals surface area contributed by atoms with Gasteiger partial charge in [0.1, 0.15) is 12.4 Å². The third kappa shape index (κ3) is 4.84. The molecule has 0 unspecified atom stereocenters. The van der Waals surface area contributed by atoms with Crippen molar-refractivity contribution in [1.82, 2.24) is 4.90 Å². The minimum absolute atomic E-state index is 0.253. The van der Waals surface area contributed by atoms with Crippen LogP contribution in [0.3, 0.4) is 0 Å². The maximum Gasteiger partial charge on any atom is 0.293 e. The Morgan fingerprint density at radius 2 is 1.87 bits per heavy atom. The number of carbonyl (C=O) groups excluding carboxylic acids is 2. The van der Waals surface area contributed by atoms with Crippen molar-refractivity contribution in [3.05, 3.63) is 81.2 Å². The van der Waals surface area contributed by atoms with Crippen LogP contribution in [0.2, 0.25) is 0 Å². The fraction of sp³-hybridized carbons (Fsp3) is 0.167. The third-order valence-corrected chi connectivity index (χ3v) is 6.44. The fourth-order valence-electron chi connectivity index (χ4n) is 3.32. The van der Waals surface area contributed by atoms with Crippen LogP contribution < -0.4 is 4.74 Å². The van der Waals surface area contributed by atoms with Gasteiger partial charge in [-0.2, -0.15) is 0 Å². The monoisotopic (exact) mass is 497 g/mol. The second kappa shape index (κ2) is 9.68. The Balaban J connectivity index is 1.48. The summed E-state index contributed by atoms with van der Waals surface area (Å²) in [6.07, 6.45) is 1.72. The largest absolute Gasteiger partial charge is 0.488 e. The molecule has 0 spiro atoms. The van der Waals surface area contributed by atoms with Gasteiger partial charge in [-0.3, -0.25) is 14.5 Å². The first kappa shape index (κ1) is 21.6. The molecule has 0 saturated carbocycles. The van der Waals surface area contributed by atoms with E-state index in [0.717, 1.165) is 27.4 Å². The Bertz CT molecular complexity index is 1170. The Morgan fingerprint density at radius 3 is 2.68 bits per heavy atom. The summed E-state index contributed by atoms with van der Waals surface area (Å²) >= 11 is 4.50. The Labute approximate surface area is 193 Å². The molecule has 1 aliphatic rings. The molecule has 0 aliphatic carbocycles. The van der Waals surface area contributed by atoms with E-state index in [2.05, 4.69) is 40.2 Å². The van der Waals surface area contributed by atoms with E-state index in [1.54, 1.807) is 6.08 Å². The summed E-state index contributed by atoms with van der Waals surface area (Å²) in [5.74, 6) is 0.415. The molecule has 5 nitrogen and oxygen atoms in total. The molecule has 0 bridgehead atoms. The summed E-state index contributed by atoms with van der Waals surface area (Å²) in [4.78, 5) is 26.1. The Morgan fingerprint density at radius 1 is 1.06 bits per heavy atom. The number of hydrogen-bond acceptors (Lipinski definition) is 5. The summed E-state index contributed by atoms with van der Waals surface area (Å²) in [7, 11) is 1.54. The average Bonchev–Trinajstić information content (AvgIpc) is 3.04. The smallest absolute Gasteiger partial charge is 0.293 e. The highest BCUT2D eigenvalue weighted by Crippen LogP contribution is 2.34. The number of fused-ring (bicyclic) bond motifs is 1. The SMILES string of the molecule is COCCN1C(=O)S/C(=C/c2ccc(OCc3cccc4ccccc34)c(Br)c2)C1=O. The van der Waals surface area contributed by atoms with E-state index in [4.69, 9.17) is 9.47 Å². The van der Waals surface area contributed by atoms with E-state index >= 15 is 0 Å². The average molecular weight is 498 g/mol. The maximum atomic E-state index is 12.5. The molecule has 1 aliphatic heterocycles. The molecule has 3 aromatic rings. The molecule has 3 aromatic carbocycles. The molecule has 4 rings (SSSR count). The lowest BCUT2D eigenvalue weighted by Gasteiger charge is -2.11. The lowest BCUT2D eigenvalue weighted by molar-refractivity contribution is -0.123. The van der Waals surface area contributed by atoms with Gasteiger partial charge in [0, 0.05) is 7.11 Å². The van der Waals surface area contributed by atoms with Crippen LogP contribution in [0.4, 0.5) is 4.79 Å². The molecule has 2 amide bonds. The number of thioether (sulfide) groups is 1. The van der Waals surface area contributed by atoms with Crippen molar-refractivity contribution in [3.8, 4) is 5.75 Å². The first-order chi connectivity index (χ1) is 15.1. The fourth-order valence-corrected chi connectivity index (χ4v) is 4.70. The van der Waals surface area contributed by atoms with Crippen molar-refractivity contribution < 1.29 is 19.1 Å². The molecular formula is C24H20BrNO4S. The number of rotatable bonds is 7. The second-order valence-electron chi connectivity index (χ2n) is 6.94. The molecule has 0 N–H and O–H groups in total. The summed E-state index contributed by atoms with van der Waals surface area (Å²) < 4.78 is 11.8. The van der Waals surface area contributed by atoms with E-state index in [9.17, 15) is 9.59 Å². The van der Waals surface area contributed by atoms with E-state index in [-0.39, 0.29) is 17.7 Å². The van der Waals surface area contributed by atoms with Gasteiger partial charge in [0.25, 0.3) is 11.1 Å². The molecule has 31 heavy (non-hydrogen) atoms. The third-order valence-electron chi connectivity index (χ3n) is 4.91. The van der Waals surface area contributed by atoms with Crippen molar-refractivity contribution in [1.29, 1.82) is 0 Å². The predicted octanol–water partition coefficient (Wildman–Crippen LogP) is 5.86. The Hall–Kier alpha value is -2.61. The molecule has 7 heteroatoms. The number of halogens is 1. The van der Waals surface area contributed by atoms with Crippen LogP contribution in [0.25, 0.3) is 16.8 Å². The minimum Gasteiger partial charge on any atom is -0.488 e. The van der Waals surface area contributed by atoms with E-state index in [1.807, 2.05) is 36.4 Å². The van der Waals surface area contributed by atoms with Gasteiger partial charge in [0.15, 0.2) is 0 Å². The summed E-state index contributed by atoms with van der Waals surface area (Å²) in [6, 6.07) is 20.0. The molecule has 0 aromatic heterocycles. The Kier molecular flexibility index (Phi) is 6.75. The zero-order valence-corrected chi connectivity index (χ0v) is 19.2. The van der Waals surface area contributed by atoms with Crippen molar-refractivity contribution in [2.24, 2.45) is 0 Å². The zero-order valence-electron chi connectivity index (χ0n) is 16.8. The molecule has 1 heterocycles. The predicted molar refractivity (Wildman–Crippen MR) is 127 cm³/mol. The van der Waals surface area contributed by atoms with Crippen LogP contribution in [-0.2, 0) is 16.1 Å². The van der Waals surface area contributed by atoms with Crippen molar-refractivity contribution in [3.63, 3.8) is 0 Å². The number of methoxy groups -OCH3 is 1. The van der Waals surface area contributed by atoms with Gasteiger partial charge in [-0.15, -0.1) is 0 Å². The first-order valence-corrected chi connectivity index (χ1v) is 11.3. The molecule has 1 saturated heterocycles. The van der Waals surface area contributed by atoms with Crippen LogP contribution in [0.1, 0.15) is 11.1 Å². The molecule has 0 radical (unpaired) electrons. The van der Waals surface area contributed by atoms with E-state index in [1.165, 1.54) is 22.8 Å². The molecular weight excluding hydrogens is 478 g/mol. The number of hydrogen-bond donors (Lipinski definition) is 0. The summed E-state index contributed by atoms with van der Waals surface area (Å²) in [5.41, 5.74) is 1.92. The number of benzene rings is 3. The van der Waals surface area contributed by atoms with Crippen LogP contribution >= 0.6 is 27.7 Å². The summed E-state index contributed by atoms with van der Waals surface area (Å²) in [6.45, 7) is 1.01. The van der Waals surface area contributed by atoms with E-state index < -0.39 is 0 Å². The van der Waals surface area contributed by atoms with Gasteiger partial charge in [0.05, 0.1) is 22.5 Å². The minimum atomic E-state index is -0.292. The van der Waals surface area contributed by atoms with Crippen LogP contribution in [0, 0.1) is 0 Å². The second-order valence-corrected chi connectivity index (χ2v) is 8.79. The van der Waals surface area contributed by atoms with Crippen LogP contribution in [0.15, 0.2) is 70.0 Å². The van der Waals surface area contributed by atoms with Gasteiger partial charge in [0.2, 0.25) is 0 Å². The van der Waals surface area contributed by atoms with Crippen molar-refractivity contribution >= 4 is 55.7 Å². The first-order valence-electron chi connectivity index (χ1n) is 9.70. The lowest BCUT2D eigenvalue weighted by Crippen LogP contribution is -2.31. The topological polar surface area (TPSA) is 55.8 Å². The van der Waals surface area contributed by atoms with E-state index in [0.29, 0.717) is 23.9 Å². The molecule has 0 atom stereocenters. The van der Waals surface area contributed by atoms with Crippen molar-refractivity contribution in [2.45, 2.75) is 6.61 Å². The highest BCUT2D eigenvalue weighted by atomic mass is 79.9. The quantitative estimate of drug-likeness (QED) is 0.382. The van der Waals surface area contributed by atoms with Gasteiger partial charge < -0.3 is 9.47 Å². The van der Waals surface area contributed by atoms with Gasteiger partial charge in [-0.05, 0) is 67.8 Å². The van der Waals surface area contributed by atoms with Gasteiger partial charge >= 0.3 is 0 Å². The summed E-state index contributed by atoms with van der Waals surface area (Å²) in [5, 5.41) is 2.07. The number of imide groups is 1. The number of ether oxygens (including phenoxy) is 2. The number of nitrogens with zero attached hydrogens (tertiary/aromatic N) is 1. The highest BCUT2D eigenvalue weighted by molar-refractivity contribution is 9.10. The van der Waals surface area contributed by atoms with Gasteiger partial charge in [-0.25, -0.2) is 0 Å². The normalized spacial score (nSPS) is 15.3. The zero-order chi connectivity index (χ0) is 21.8. The molecule has 158 valence electrons. The standard InChI is InChI=1S/C24H20BrNO4S/c1-29-12-11-26-23(27)22(31-24(26)28)14-16-9-10-21(20(25)13-16)30-15-18-7-4-6-17-5-2-3-8-19(17)18/h2-10,13-14H,11-12,15H2,1H3/b22-14+. The van der Waals surface area contributed by atoms with Crippen LogP contribution in [0.5, 0.6) is 5.75 Å². The number of amides is 2. The van der Waals surface area contributed by atoms with Crippen molar-refractivity contribution in [2.75, 3.05) is 20.3 Å². The number of carbonyl (C=O) groups is 2. The van der Waals surface area contributed by atoms with Crippen LogP contribution in [-0.4, -0.2) is 36.3 Å². The lowest BCUT2D eigenvalue weighted by atomic mass is 10.1. The van der Waals surface area contributed by atoms with Gasteiger partial charge in [-0.1, -0.05) is 48.5 Å². The highest BCUT2D eigenvalue weighted by Gasteiger charge is 2.34. The maximum absolute atomic E-state index is 12.5.